The lowest BCUT2D eigenvalue weighted by molar-refractivity contribution is -0.160. The Hall–Kier alpha value is -3.15. The molecule has 3 amide bonds. The van der Waals surface area contributed by atoms with Crippen molar-refractivity contribution in [3.8, 4) is 0 Å². The topological polar surface area (TPSA) is 69.7 Å². The molecule has 1 atom stereocenters. The lowest BCUT2D eigenvalue weighted by atomic mass is 9.72. The summed E-state index contributed by atoms with van der Waals surface area (Å²) >= 11 is 0. The zero-order valence-corrected chi connectivity index (χ0v) is 16.7. The van der Waals surface area contributed by atoms with Gasteiger partial charge in [-0.05, 0) is 23.6 Å². The lowest BCUT2D eigenvalue weighted by Gasteiger charge is -2.51. The Kier molecular flexibility index (Phi) is 4.86. The monoisotopic (exact) mass is 391 g/mol. The first-order valence-corrected chi connectivity index (χ1v) is 9.83. The predicted molar refractivity (Wildman–Crippen MR) is 110 cm³/mol. The van der Waals surface area contributed by atoms with Crippen molar-refractivity contribution in [3.05, 3.63) is 65.7 Å². The van der Waals surface area contributed by atoms with Gasteiger partial charge in [0.2, 0.25) is 17.7 Å². The number of carbonyl (C=O) groups excluding carboxylic acids is 3. The van der Waals surface area contributed by atoms with Crippen LogP contribution in [0.4, 0.5) is 5.69 Å². The molecular formula is C23H25N3O3. The number of hydrogen-bond donors (Lipinski definition) is 1. The number of para-hydroxylation sites is 1. The molecule has 0 aromatic heterocycles. The zero-order chi connectivity index (χ0) is 20.6. The van der Waals surface area contributed by atoms with Gasteiger partial charge in [-0.2, -0.15) is 0 Å². The van der Waals surface area contributed by atoms with Crippen LogP contribution in [0.1, 0.15) is 23.5 Å². The molecule has 2 aliphatic heterocycles. The number of nitrogens with one attached hydrogen (secondary N) is 1. The maximum Gasteiger partial charge on any atom is 0.232 e. The van der Waals surface area contributed by atoms with Crippen LogP contribution in [0.3, 0.4) is 0 Å². The molecule has 1 unspecified atom stereocenters. The molecule has 1 saturated heterocycles. The number of nitrogens with zero attached hydrogens (tertiary/aromatic N) is 2. The molecule has 2 aromatic rings. The lowest BCUT2D eigenvalue weighted by Crippen LogP contribution is -2.66. The first kappa shape index (κ1) is 19.2. The fourth-order valence-electron chi connectivity index (χ4n) is 4.48. The van der Waals surface area contributed by atoms with Crippen LogP contribution < -0.4 is 5.32 Å². The fourth-order valence-corrected chi connectivity index (χ4v) is 4.48. The Morgan fingerprint density at radius 1 is 1.07 bits per heavy atom. The van der Waals surface area contributed by atoms with Crippen molar-refractivity contribution in [2.75, 3.05) is 32.5 Å². The van der Waals surface area contributed by atoms with E-state index < -0.39 is 11.3 Å². The number of hydrogen-bond acceptors (Lipinski definition) is 3. The molecule has 0 bridgehead atoms. The van der Waals surface area contributed by atoms with Crippen LogP contribution in [0.5, 0.6) is 0 Å². The van der Waals surface area contributed by atoms with E-state index in [0.717, 1.165) is 11.1 Å². The summed E-state index contributed by atoms with van der Waals surface area (Å²) in [6.45, 7) is 0.746. The van der Waals surface area contributed by atoms with E-state index in [1.165, 1.54) is 0 Å². The summed E-state index contributed by atoms with van der Waals surface area (Å²) < 4.78 is 0. The minimum Gasteiger partial charge on any atom is -0.348 e. The highest BCUT2D eigenvalue weighted by molar-refractivity contribution is 6.01. The molecule has 150 valence electrons. The van der Waals surface area contributed by atoms with Crippen LogP contribution in [0.15, 0.2) is 54.6 Å². The first-order chi connectivity index (χ1) is 13.9. The van der Waals surface area contributed by atoms with E-state index in [2.05, 4.69) is 5.32 Å². The molecule has 2 aromatic carbocycles. The van der Waals surface area contributed by atoms with E-state index in [-0.39, 0.29) is 24.1 Å². The van der Waals surface area contributed by atoms with Crippen molar-refractivity contribution in [2.24, 2.45) is 5.41 Å². The Morgan fingerprint density at radius 2 is 1.72 bits per heavy atom. The largest absolute Gasteiger partial charge is 0.348 e. The highest BCUT2D eigenvalue weighted by Crippen LogP contribution is 2.40. The van der Waals surface area contributed by atoms with Gasteiger partial charge in [-0.15, -0.1) is 0 Å². The van der Waals surface area contributed by atoms with Crippen LogP contribution in [0, 0.1) is 5.41 Å². The number of rotatable bonds is 4. The molecule has 6 nitrogen and oxygen atoms in total. The van der Waals surface area contributed by atoms with E-state index >= 15 is 0 Å². The van der Waals surface area contributed by atoms with Crippen molar-refractivity contribution < 1.29 is 14.4 Å². The Morgan fingerprint density at radius 3 is 2.41 bits per heavy atom. The molecular weight excluding hydrogens is 366 g/mol. The zero-order valence-electron chi connectivity index (χ0n) is 16.7. The number of benzene rings is 2. The molecule has 0 radical (unpaired) electrons. The maximum atomic E-state index is 13.2. The average Bonchev–Trinajstić information content (AvgIpc) is 2.69. The maximum absolute atomic E-state index is 13.2. The van der Waals surface area contributed by atoms with Crippen molar-refractivity contribution >= 4 is 23.4 Å². The van der Waals surface area contributed by atoms with Crippen LogP contribution >= 0.6 is 0 Å². The van der Waals surface area contributed by atoms with Crippen molar-refractivity contribution in [1.82, 2.24) is 9.80 Å². The summed E-state index contributed by atoms with van der Waals surface area (Å²) in [5.74, 6) is -0.693. The normalized spacial score (nSPS) is 19.6. The summed E-state index contributed by atoms with van der Waals surface area (Å²) in [5, 5.41) is 2.83. The van der Waals surface area contributed by atoms with E-state index in [9.17, 15) is 14.4 Å². The molecule has 0 aliphatic carbocycles. The van der Waals surface area contributed by atoms with Gasteiger partial charge in [-0.3, -0.25) is 14.4 Å². The first-order valence-electron chi connectivity index (χ1n) is 9.83. The highest BCUT2D eigenvalue weighted by atomic mass is 16.2. The van der Waals surface area contributed by atoms with E-state index in [0.29, 0.717) is 25.2 Å². The highest BCUT2D eigenvalue weighted by Gasteiger charge is 2.52. The SMILES string of the molecule is CN(C)C(=O)C1(Cc2ccccc2)CN(C(=O)C2CC(=O)Nc3ccccc32)C1. The Labute approximate surface area is 170 Å². The van der Waals surface area contributed by atoms with Crippen molar-refractivity contribution in [3.63, 3.8) is 0 Å². The molecule has 1 N–H and O–H groups in total. The molecule has 1 fully saturated rings. The molecule has 6 heteroatoms. The summed E-state index contributed by atoms with van der Waals surface area (Å²) in [7, 11) is 3.50. The van der Waals surface area contributed by atoms with E-state index in [1.807, 2.05) is 54.6 Å². The van der Waals surface area contributed by atoms with Gasteiger partial charge in [-0.1, -0.05) is 48.5 Å². The number of fused-ring (bicyclic) bond motifs is 1. The van der Waals surface area contributed by atoms with Gasteiger partial charge in [0, 0.05) is 39.3 Å². The third kappa shape index (κ3) is 3.50. The van der Waals surface area contributed by atoms with E-state index in [4.69, 9.17) is 0 Å². The van der Waals surface area contributed by atoms with Gasteiger partial charge < -0.3 is 15.1 Å². The number of amides is 3. The second-order valence-electron chi connectivity index (χ2n) is 8.23. The number of carbonyl (C=O) groups is 3. The minimum absolute atomic E-state index is 0.0344. The van der Waals surface area contributed by atoms with Crippen molar-refractivity contribution in [1.29, 1.82) is 0 Å². The van der Waals surface area contributed by atoms with Gasteiger partial charge in [0.1, 0.15) is 0 Å². The van der Waals surface area contributed by atoms with E-state index in [1.54, 1.807) is 23.9 Å². The quantitative estimate of drug-likeness (QED) is 0.869. The van der Waals surface area contributed by atoms with Gasteiger partial charge in [0.25, 0.3) is 0 Å². The summed E-state index contributed by atoms with van der Waals surface area (Å²) in [5.41, 5.74) is 2.01. The predicted octanol–water partition coefficient (Wildman–Crippen LogP) is 2.27. The number of likely N-dealkylation sites (tertiary alicyclic amines) is 1. The molecule has 0 saturated carbocycles. The summed E-state index contributed by atoms with van der Waals surface area (Å²) in [6.07, 6.45) is 0.732. The van der Waals surface area contributed by atoms with Gasteiger partial charge in [0.05, 0.1) is 11.3 Å². The van der Waals surface area contributed by atoms with Crippen LogP contribution in [-0.2, 0) is 20.8 Å². The molecule has 2 aliphatic rings. The van der Waals surface area contributed by atoms with Gasteiger partial charge >= 0.3 is 0 Å². The van der Waals surface area contributed by atoms with Crippen LogP contribution in [-0.4, -0.2) is 54.7 Å². The Balaban J connectivity index is 1.55. The summed E-state index contributed by atoms with van der Waals surface area (Å²) in [6, 6.07) is 17.3. The average molecular weight is 391 g/mol. The van der Waals surface area contributed by atoms with Crippen LogP contribution in [0.2, 0.25) is 0 Å². The molecule has 0 spiro atoms. The number of anilines is 1. The second-order valence-corrected chi connectivity index (χ2v) is 8.23. The van der Waals surface area contributed by atoms with Gasteiger partial charge in [0.15, 0.2) is 0 Å². The summed E-state index contributed by atoms with van der Waals surface area (Å²) in [4.78, 5) is 41.6. The molecule has 2 heterocycles. The minimum atomic E-state index is -0.614. The third-order valence-electron chi connectivity index (χ3n) is 5.84. The second kappa shape index (κ2) is 7.35. The van der Waals surface area contributed by atoms with Crippen molar-refractivity contribution in [2.45, 2.75) is 18.8 Å². The Bertz CT molecular complexity index is 949. The molecule has 29 heavy (non-hydrogen) atoms. The molecule has 4 rings (SSSR count). The smallest absolute Gasteiger partial charge is 0.232 e. The van der Waals surface area contributed by atoms with Gasteiger partial charge in [-0.25, -0.2) is 0 Å². The fraction of sp³-hybridized carbons (Fsp3) is 0.348. The van der Waals surface area contributed by atoms with Crippen LogP contribution in [0.25, 0.3) is 0 Å². The standard InChI is InChI=1S/C23H25N3O3/c1-25(2)22(29)23(13-16-8-4-3-5-9-16)14-26(15-23)21(28)18-12-20(27)24-19-11-7-6-10-17(18)19/h3-11,18H,12-15H2,1-2H3,(H,24,27). The third-order valence-corrected chi connectivity index (χ3v) is 5.84.